The van der Waals surface area contributed by atoms with E-state index in [1.807, 2.05) is 0 Å². The predicted molar refractivity (Wildman–Crippen MR) is 126 cm³/mol. The van der Waals surface area contributed by atoms with Gasteiger partial charge in [0.2, 0.25) is 0 Å². The highest BCUT2D eigenvalue weighted by Crippen LogP contribution is 2.35. The largest absolute Gasteiger partial charge is 0.464 e. The van der Waals surface area contributed by atoms with Crippen LogP contribution in [0.3, 0.4) is 0 Å². The van der Waals surface area contributed by atoms with E-state index in [1.54, 1.807) is 13.0 Å². The number of hydrogen-bond acceptors (Lipinski definition) is 8. The van der Waals surface area contributed by atoms with Gasteiger partial charge in [0, 0.05) is 13.2 Å². The van der Waals surface area contributed by atoms with E-state index in [0.717, 1.165) is 23.8 Å². The third-order valence-electron chi connectivity index (χ3n) is 5.55. The number of primary amides is 1. The summed E-state index contributed by atoms with van der Waals surface area (Å²) in [6, 6.07) is 7.28. The van der Waals surface area contributed by atoms with E-state index in [2.05, 4.69) is 9.69 Å². The number of furan rings is 1. The minimum atomic E-state index is -1.40. The van der Waals surface area contributed by atoms with Crippen molar-refractivity contribution in [1.82, 2.24) is 9.69 Å². The molecule has 0 saturated carbocycles. The number of aromatic nitrogens is 1. The number of halogens is 1. The van der Waals surface area contributed by atoms with Gasteiger partial charge < -0.3 is 25.9 Å². The molecule has 0 aliphatic carbocycles. The Hall–Kier alpha value is -3.77. The molecule has 184 valence electrons. The normalized spacial score (nSPS) is 16.1. The number of aryl methyl sites for hydroxylation is 1. The first-order valence-electron chi connectivity index (χ1n) is 10.9. The molecule has 3 heterocycles. The Balaban J connectivity index is 1.80. The van der Waals surface area contributed by atoms with Crippen molar-refractivity contribution in [2.24, 2.45) is 5.73 Å². The van der Waals surface area contributed by atoms with Crippen LogP contribution in [0.25, 0.3) is 0 Å². The number of nitrogens with one attached hydrogen (secondary N) is 1. The monoisotopic (exact) mass is 501 g/mol. The average Bonchev–Trinajstić information content (AvgIpc) is 3.57. The molecule has 0 unspecified atom stereocenters. The van der Waals surface area contributed by atoms with Crippen LogP contribution in [0.1, 0.15) is 50.6 Å². The highest BCUT2D eigenvalue weighted by Gasteiger charge is 2.39. The fourth-order valence-corrected chi connectivity index (χ4v) is 4.58. The van der Waals surface area contributed by atoms with Gasteiger partial charge in [-0.15, -0.1) is 0 Å². The lowest BCUT2D eigenvalue weighted by atomic mass is 10.1. The van der Waals surface area contributed by atoms with Crippen LogP contribution >= 0.6 is 11.5 Å². The number of hydrogen-bond donors (Lipinski definition) is 3. The third-order valence-corrected chi connectivity index (χ3v) is 6.40. The Bertz CT molecular complexity index is 1250. The number of anilines is 2. The summed E-state index contributed by atoms with van der Waals surface area (Å²) >= 11 is 0.633. The van der Waals surface area contributed by atoms with E-state index in [1.165, 1.54) is 24.3 Å². The van der Waals surface area contributed by atoms with Gasteiger partial charge in [0.1, 0.15) is 22.2 Å². The number of nitrogens with two attached hydrogens (primary N) is 2. The molecular formula is C23H24FN5O5S. The number of carbonyl (C=O) groups excluding carboxylic acids is 3. The van der Waals surface area contributed by atoms with Crippen molar-refractivity contribution < 1.29 is 27.9 Å². The van der Waals surface area contributed by atoms with Gasteiger partial charge in [-0.2, -0.15) is 4.37 Å². The first kappa shape index (κ1) is 24.4. The molecule has 1 aromatic carbocycles. The van der Waals surface area contributed by atoms with Crippen LogP contribution in [-0.4, -0.2) is 41.4 Å². The molecule has 12 heteroatoms. The number of benzene rings is 1. The fraction of sp³-hybridized carbons (Fsp3) is 0.304. The topological polar surface area (TPSA) is 154 Å². The zero-order valence-corrected chi connectivity index (χ0v) is 19.6. The van der Waals surface area contributed by atoms with Crippen molar-refractivity contribution in [1.29, 1.82) is 0 Å². The Kier molecular flexibility index (Phi) is 7.12. The first-order chi connectivity index (χ1) is 16.8. The molecule has 35 heavy (non-hydrogen) atoms. The molecule has 1 aliphatic rings. The van der Waals surface area contributed by atoms with Gasteiger partial charge in [0.15, 0.2) is 11.7 Å². The number of nitrogens with zero attached hydrogens (tertiary/aromatic N) is 2. The molecular weight excluding hydrogens is 477 g/mol. The van der Waals surface area contributed by atoms with E-state index in [4.69, 9.17) is 20.6 Å². The second-order valence-corrected chi connectivity index (χ2v) is 8.77. The zero-order chi connectivity index (χ0) is 25.1. The molecule has 5 N–H and O–H groups in total. The highest BCUT2D eigenvalue weighted by molar-refractivity contribution is 7.09. The SMILES string of the molecule is Cc1ccc([C@H](C(=O)NC[C@H]2CCCO2)N(C(=O)c2snc(C(N)=O)c2N)c2ccccc2F)o1. The summed E-state index contributed by atoms with van der Waals surface area (Å²) in [5, 5.41) is 2.79. The smallest absolute Gasteiger partial charge is 0.273 e. The predicted octanol–water partition coefficient (Wildman–Crippen LogP) is 2.55. The fourth-order valence-electron chi connectivity index (χ4n) is 3.84. The Labute approximate surface area is 204 Å². The molecule has 3 aromatic rings. The van der Waals surface area contributed by atoms with Gasteiger partial charge in [-0.05, 0) is 55.6 Å². The van der Waals surface area contributed by atoms with Gasteiger partial charge in [-0.3, -0.25) is 19.3 Å². The highest BCUT2D eigenvalue weighted by atomic mass is 32.1. The minimum absolute atomic E-state index is 0.113. The van der Waals surface area contributed by atoms with Crippen molar-refractivity contribution >= 4 is 40.6 Å². The standard InChI is InChI=1S/C23H24FN5O5S/c1-12-8-9-16(34-12)19(22(31)27-11-13-5-4-10-33-13)29(15-7-3-2-6-14(15)24)23(32)20-17(25)18(21(26)30)28-35-20/h2-3,6-9,13,19H,4-5,10-11,25H2,1H3,(H2,26,30)(H,27,31)/t13-,19-/m1/s1. The second-order valence-electron chi connectivity index (χ2n) is 8.00. The van der Waals surface area contributed by atoms with Crippen LogP contribution in [0.5, 0.6) is 0 Å². The molecule has 0 spiro atoms. The van der Waals surface area contributed by atoms with Crippen molar-refractivity contribution in [2.75, 3.05) is 23.8 Å². The summed E-state index contributed by atoms with van der Waals surface area (Å²) in [6.07, 6.45) is 1.51. The van der Waals surface area contributed by atoms with Gasteiger partial charge in [0.25, 0.3) is 17.7 Å². The van der Waals surface area contributed by atoms with Crippen LogP contribution < -0.4 is 21.7 Å². The molecule has 1 fully saturated rings. The van der Waals surface area contributed by atoms with Gasteiger partial charge in [-0.25, -0.2) is 4.39 Å². The van der Waals surface area contributed by atoms with E-state index in [-0.39, 0.29) is 40.4 Å². The van der Waals surface area contributed by atoms with E-state index in [0.29, 0.717) is 23.9 Å². The van der Waals surface area contributed by atoms with Crippen LogP contribution in [0.4, 0.5) is 15.8 Å². The van der Waals surface area contributed by atoms with Gasteiger partial charge in [0.05, 0.1) is 17.5 Å². The number of rotatable bonds is 8. The quantitative estimate of drug-likeness (QED) is 0.429. The Morgan fingerprint density at radius 2 is 2.06 bits per heavy atom. The van der Waals surface area contributed by atoms with Gasteiger partial charge in [-0.1, -0.05) is 12.1 Å². The van der Waals surface area contributed by atoms with Gasteiger partial charge >= 0.3 is 0 Å². The molecule has 2 atom stereocenters. The summed E-state index contributed by atoms with van der Waals surface area (Å²) < 4.78 is 30.2. The van der Waals surface area contributed by atoms with E-state index < -0.39 is 29.6 Å². The second kappa shape index (κ2) is 10.2. The van der Waals surface area contributed by atoms with E-state index in [9.17, 15) is 14.4 Å². The molecule has 0 bridgehead atoms. The summed E-state index contributed by atoms with van der Waals surface area (Å²) in [5.41, 5.74) is 10.6. The van der Waals surface area contributed by atoms with Crippen LogP contribution in [0.2, 0.25) is 0 Å². The zero-order valence-electron chi connectivity index (χ0n) is 18.8. The summed E-state index contributed by atoms with van der Waals surface area (Å²) in [5.74, 6) is -2.51. The lowest BCUT2D eigenvalue weighted by Crippen LogP contribution is -2.45. The number of nitrogen functional groups attached to an aromatic ring is 1. The summed E-state index contributed by atoms with van der Waals surface area (Å²) in [7, 11) is 0. The minimum Gasteiger partial charge on any atom is -0.464 e. The maximum absolute atomic E-state index is 15.0. The summed E-state index contributed by atoms with van der Waals surface area (Å²) in [6.45, 7) is 2.50. The van der Waals surface area contributed by atoms with Crippen molar-refractivity contribution in [3.63, 3.8) is 0 Å². The number of carbonyl (C=O) groups is 3. The maximum Gasteiger partial charge on any atom is 0.273 e. The summed E-state index contributed by atoms with van der Waals surface area (Å²) in [4.78, 5) is 39.7. The molecule has 0 radical (unpaired) electrons. The molecule has 1 saturated heterocycles. The number of para-hydroxylation sites is 1. The van der Waals surface area contributed by atoms with Crippen LogP contribution in [0.15, 0.2) is 40.8 Å². The molecule has 10 nitrogen and oxygen atoms in total. The van der Waals surface area contributed by atoms with Crippen molar-refractivity contribution in [3.8, 4) is 0 Å². The first-order valence-corrected chi connectivity index (χ1v) is 11.6. The lowest BCUT2D eigenvalue weighted by molar-refractivity contribution is -0.123. The Morgan fingerprint density at radius 3 is 2.66 bits per heavy atom. The van der Waals surface area contributed by atoms with Crippen molar-refractivity contribution in [2.45, 2.75) is 31.9 Å². The van der Waals surface area contributed by atoms with E-state index >= 15 is 4.39 Å². The lowest BCUT2D eigenvalue weighted by Gasteiger charge is -2.30. The van der Waals surface area contributed by atoms with Crippen LogP contribution in [0, 0.1) is 12.7 Å². The van der Waals surface area contributed by atoms with Crippen LogP contribution in [-0.2, 0) is 9.53 Å². The molecule has 1 aliphatic heterocycles. The maximum atomic E-state index is 15.0. The number of amides is 3. The van der Waals surface area contributed by atoms with Crippen molar-refractivity contribution in [3.05, 3.63) is 64.3 Å². The Morgan fingerprint density at radius 1 is 1.29 bits per heavy atom. The molecule has 3 amide bonds. The molecule has 2 aromatic heterocycles. The molecule has 4 rings (SSSR count). The average molecular weight is 502 g/mol. The third kappa shape index (κ3) is 5.03. The number of ether oxygens (including phenoxy) is 1.